The van der Waals surface area contributed by atoms with Crippen LogP contribution in [0.5, 0.6) is 0 Å². The summed E-state index contributed by atoms with van der Waals surface area (Å²) in [5.74, 6) is 0. The van der Waals surface area contributed by atoms with Gasteiger partial charge in [-0.25, -0.2) is 4.79 Å². The average Bonchev–Trinajstić information content (AvgIpc) is 2.47. The zero-order chi connectivity index (χ0) is 16.2. The Bertz CT molecular complexity index is 534. The van der Waals surface area contributed by atoms with E-state index in [0.717, 1.165) is 11.1 Å². The second-order valence-corrected chi connectivity index (χ2v) is 6.20. The lowest BCUT2D eigenvalue weighted by atomic mass is 10.1. The van der Waals surface area contributed by atoms with E-state index in [-0.39, 0.29) is 12.2 Å². The van der Waals surface area contributed by atoms with Crippen molar-refractivity contribution in [2.75, 3.05) is 19.7 Å². The van der Waals surface area contributed by atoms with E-state index in [4.69, 9.17) is 14.7 Å². The van der Waals surface area contributed by atoms with Gasteiger partial charge in [0.15, 0.2) is 0 Å². The standard InChI is InChI=1S/C16H22N2O4/c1-16(2,3)22-15(19)18-8-9-21-14(11-18)13-6-4-12(5-7-13)10-17-20/h4-7,10,14,20H,8-9,11H2,1-3H3/t14-/m0/s1. The molecule has 1 aromatic carbocycles. The Labute approximate surface area is 130 Å². The Morgan fingerprint density at radius 2 is 2.09 bits per heavy atom. The maximum Gasteiger partial charge on any atom is 0.410 e. The highest BCUT2D eigenvalue weighted by molar-refractivity contribution is 5.79. The minimum atomic E-state index is -0.504. The van der Waals surface area contributed by atoms with Gasteiger partial charge in [0, 0.05) is 6.54 Å². The van der Waals surface area contributed by atoms with Crippen LogP contribution in [0.1, 0.15) is 38.0 Å². The Morgan fingerprint density at radius 3 is 2.68 bits per heavy atom. The minimum Gasteiger partial charge on any atom is -0.444 e. The largest absolute Gasteiger partial charge is 0.444 e. The van der Waals surface area contributed by atoms with Crippen molar-refractivity contribution in [3.8, 4) is 0 Å². The zero-order valence-electron chi connectivity index (χ0n) is 13.2. The molecule has 2 rings (SSSR count). The number of carbonyl (C=O) groups is 1. The lowest BCUT2D eigenvalue weighted by Crippen LogP contribution is -2.44. The van der Waals surface area contributed by atoms with Gasteiger partial charge in [0.2, 0.25) is 0 Å². The molecular weight excluding hydrogens is 284 g/mol. The van der Waals surface area contributed by atoms with Crippen LogP contribution in [-0.2, 0) is 9.47 Å². The van der Waals surface area contributed by atoms with Gasteiger partial charge in [-0.2, -0.15) is 0 Å². The molecule has 0 aliphatic carbocycles. The second kappa shape index (κ2) is 6.79. The van der Waals surface area contributed by atoms with Crippen molar-refractivity contribution >= 4 is 12.3 Å². The number of rotatable bonds is 2. The molecule has 6 nitrogen and oxygen atoms in total. The molecule has 1 aliphatic heterocycles. The molecule has 1 fully saturated rings. The Kier molecular flexibility index (Phi) is 5.03. The summed E-state index contributed by atoms with van der Waals surface area (Å²) in [6, 6.07) is 7.48. The van der Waals surface area contributed by atoms with Crippen LogP contribution in [0.15, 0.2) is 29.4 Å². The maximum atomic E-state index is 12.1. The molecule has 1 atom stereocenters. The van der Waals surface area contributed by atoms with Crippen LogP contribution in [0, 0.1) is 0 Å². The molecule has 120 valence electrons. The molecule has 0 aromatic heterocycles. The quantitative estimate of drug-likeness (QED) is 0.518. The number of ether oxygens (including phenoxy) is 2. The summed E-state index contributed by atoms with van der Waals surface area (Å²) < 4.78 is 11.1. The van der Waals surface area contributed by atoms with E-state index in [1.165, 1.54) is 6.21 Å². The number of morpholine rings is 1. The summed E-state index contributed by atoms with van der Waals surface area (Å²) in [7, 11) is 0. The van der Waals surface area contributed by atoms with Crippen molar-refractivity contribution in [2.24, 2.45) is 5.16 Å². The fourth-order valence-corrected chi connectivity index (χ4v) is 2.21. The van der Waals surface area contributed by atoms with Crippen molar-refractivity contribution in [2.45, 2.75) is 32.5 Å². The van der Waals surface area contributed by atoms with Crippen LogP contribution in [0.4, 0.5) is 4.79 Å². The average molecular weight is 306 g/mol. The third-order valence-corrected chi connectivity index (χ3v) is 3.23. The minimum absolute atomic E-state index is 0.179. The monoisotopic (exact) mass is 306 g/mol. The highest BCUT2D eigenvalue weighted by Gasteiger charge is 2.28. The van der Waals surface area contributed by atoms with Gasteiger partial charge in [-0.1, -0.05) is 29.4 Å². The first-order valence-electron chi connectivity index (χ1n) is 7.26. The van der Waals surface area contributed by atoms with Gasteiger partial charge < -0.3 is 19.6 Å². The molecule has 0 radical (unpaired) electrons. The molecule has 0 saturated carbocycles. The SMILES string of the molecule is CC(C)(C)OC(=O)N1CCO[C@H](c2ccc(C=NO)cc2)C1. The number of nitrogens with zero attached hydrogens (tertiary/aromatic N) is 2. The number of hydrogen-bond donors (Lipinski definition) is 1. The van der Waals surface area contributed by atoms with Crippen LogP contribution in [0.3, 0.4) is 0 Å². The first-order chi connectivity index (χ1) is 10.4. The summed E-state index contributed by atoms with van der Waals surface area (Å²) in [5, 5.41) is 11.5. The fraction of sp³-hybridized carbons (Fsp3) is 0.500. The van der Waals surface area contributed by atoms with Crippen LogP contribution in [-0.4, -0.2) is 47.7 Å². The van der Waals surface area contributed by atoms with E-state index in [2.05, 4.69) is 5.16 Å². The van der Waals surface area contributed by atoms with E-state index in [1.807, 2.05) is 45.0 Å². The van der Waals surface area contributed by atoms with E-state index in [9.17, 15) is 4.79 Å². The van der Waals surface area contributed by atoms with Crippen LogP contribution >= 0.6 is 0 Å². The second-order valence-electron chi connectivity index (χ2n) is 6.20. The van der Waals surface area contributed by atoms with Gasteiger partial charge in [0.1, 0.15) is 11.7 Å². The summed E-state index contributed by atoms with van der Waals surface area (Å²) in [6.45, 7) is 7.02. The highest BCUT2D eigenvalue weighted by atomic mass is 16.6. The van der Waals surface area contributed by atoms with Gasteiger partial charge >= 0.3 is 6.09 Å². The van der Waals surface area contributed by atoms with Crippen molar-refractivity contribution in [1.82, 2.24) is 4.90 Å². The van der Waals surface area contributed by atoms with Crippen LogP contribution in [0.2, 0.25) is 0 Å². The van der Waals surface area contributed by atoms with Gasteiger partial charge in [-0.3, -0.25) is 0 Å². The molecule has 22 heavy (non-hydrogen) atoms. The van der Waals surface area contributed by atoms with Crippen molar-refractivity contribution in [3.63, 3.8) is 0 Å². The van der Waals surface area contributed by atoms with E-state index < -0.39 is 5.60 Å². The molecule has 1 amide bonds. The summed E-state index contributed by atoms with van der Waals surface area (Å²) >= 11 is 0. The molecule has 0 spiro atoms. The molecule has 1 saturated heterocycles. The number of carbonyl (C=O) groups excluding carboxylic acids is 1. The van der Waals surface area contributed by atoms with Crippen LogP contribution in [0.25, 0.3) is 0 Å². The fourth-order valence-electron chi connectivity index (χ4n) is 2.21. The van der Waals surface area contributed by atoms with Gasteiger partial charge in [-0.15, -0.1) is 0 Å². The van der Waals surface area contributed by atoms with E-state index >= 15 is 0 Å². The third kappa shape index (κ3) is 4.46. The molecular formula is C16H22N2O4. The van der Waals surface area contributed by atoms with Crippen LogP contribution < -0.4 is 0 Å². The number of amides is 1. The Morgan fingerprint density at radius 1 is 1.41 bits per heavy atom. The van der Waals surface area contributed by atoms with Crippen molar-refractivity contribution in [3.05, 3.63) is 35.4 Å². The predicted octanol–water partition coefficient (Wildman–Crippen LogP) is 2.80. The van der Waals surface area contributed by atoms with Gasteiger partial charge in [-0.05, 0) is 31.9 Å². The number of benzene rings is 1. The Hall–Kier alpha value is -2.08. The predicted molar refractivity (Wildman–Crippen MR) is 82.3 cm³/mol. The first-order valence-corrected chi connectivity index (χ1v) is 7.26. The topological polar surface area (TPSA) is 71.4 Å². The molecule has 1 aromatic rings. The molecule has 0 bridgehead atoms. The normalized spacial score (nSPS) is 19.4. The van der Waals surface area contributed by atoms with Crippen molar-refractivity contribution in [1.29, 1.82) is 0 Å². The number of hydrogen-bond acceptors (Lipinski definition) is 5. The highest BCUT2D eigenvalue weighted by Crippen LogP contribution is 2.23. The zero-order valence-corrected chi connectivity index (χ0v) is 13.2. The molecule has 1 heterocycles. The molecule has 6 heteroatoms. The Balaban J connectivity index is 2.02. The van der Waals surface area contributed by atoms with Gasteiger partial charge in [0.05, 0.1) is 19.4 Å². The maximum absolute atomic E-state index is 12.1. The third-order valence-electron chi connectivity index (χ3n) is 3.23. The lowest BCUT2D eigenvalue weighted by Gasteiger charge is -2.34. The summed E-state index contributed by atoms with van der Waals surface area (Å²) in [6.07, 6.45) is 0.865. The molecule has 0 unspecified atom stereocenters. The molecule has 1 N–H and O–H groups in total. The van der Waals surface area contributed by atoms with E-state index in [1.54, 1.807) is 4.90 Å². The first kappa shape index (κ1) is 16.3. The molecule has 1 aliphatic rings. The lowest BCUT2D eigenvalue weighted by molar-refractivity contribution is -0.0432. The van der Waals surface area contributed by atoms with E-state index in [0.29, 0.717) is 19.7 Å². The number of oxime groups is 1. The summed E-state index contributed by atoms with van der Waals surface area (Å²) in [5.41, 5.74) is 1.27. The van der Waals surface area contributed by atoms with Crippen molar-refractivity contribution < 1.29 is 19.5 Å². The smallest absolute Gasteiger partial charge is 0.410 e. The van der Waals surface area contributed by atoms with Gasteiger partial charge in [0.25, 0.3) is 0 Å². The summed E-state index contributed by atoms with van der Waals surface area (Å²) in [4.78, 5) is 13.8.